The number of hydrazine groups is 1. The minimum Gasteiger partial charge on any atom is -0.273 e. The van der Waals surface area contributed by atoms with E-state index in [2.05, 4.69) is 5.43 Å². The number of carbonyl (C=O) groups is 3. The molecule has 0 saturated carbocycles. The van der Waals surface area contributed by atoms with Gasteiger partial charge in [0, 0.05) is 6.42 Å². The highest BCUT2D eigenvalue weighted by Gasteiger charge is 2.35. The number of imide groups is 1. The third-order valence-electron chi connectivity index (χ3n) is 2.25. The van der Waals surface area contributed by atoms with Crippen LogP contribution >= 0.6 is 12.2 Å². The van der Waals surface area contributed by atoms with Crippen molar-refractivity contribution in [2.24, 2.45) is 0 Å². The summed E-state index contributed by atoms with van der Waals surface area (Å²) in [6.45, 7) is 2.03. The van der Waals surface area contributed by atoms with E-state index in [0.29, 0.717) is 6.42 Å². The van der Waals surface area contributed by atoms with E-state index in [4.69, 9.17) is 12.2 Å². The molecule has 0 aromatic heterocycles. The molecule has 1 saturated heterocycles. The lowest BCUT2D eigenvalue weighted by atomic mass is 10.2. The summed E-state index contributed by atoms with van der Waals surface area (Å²) in [6, 6.07) is 0. The summed E-state index contributed by atoms with van der Waals surface area (Å²) in [5.74, 6) is -1.36. The highest BCUT2D eigenvalue weighted by atomic mass is 32.1. The Morgan fingerprint density at radius 3 is 2.62 bits per heavy atom. The monoisotopic (exact) mass is 242 g/mol. The molecule has 0 radical (unpaired) electrons. The van der Waals surface area contributed by atoms with Crippen LogP contribution in [0.2, 0.25) is 0 Å². The van der Waals surface area contributed by atoms with Crippen LogP contribution in [0.15, 0.2) is 0 Å². The van der Waals surface area contributed by atoms with E-state index in [1.807, 2.05) is 6.92 Å². The minimum absolute atomic E-state index is 0.0545. The summed E-state index contributed by atoms with van der Waals surface area (Å²) in [5.41, 5.74) is 2.28. The van der Waals surface area contributed by atoms with Crippen molar-refractivity contribution < 1.29 is 14.4 Å². The van der Waals surface area contributed by atoms with E-state index in [-0.39, 0.29) is 17.2 Å². The van der Waals surface area contributed by atoms with Crippen LogP contribution in [-0.4, -0.2) is 27.6 Å². The maximum absolute atomic E-state index is 11.4. The molecule has 0 aromatic carbocycles. The first kappa shape index (κ1) is 12.8. The van der Waals surface area contributed by atoms with Crippen molar-refractivity contribution in [3.63, 3.8) is 0 Å². The first-order valence-corrected chi connectivity index (χ1v) is 5.66. The fourth-order valence-corrected chi connectivity index (χ4v) is 1.57. The van der Waals surface area contributed by atoms with Gasteiger partial charge in [-0.25, -0.2) is 0 Å². The number of hydrogen-bond donors (Lipinski definition) is 1. The van der Waals surface area contributed by atoms with Crippen LogP contribution in [0.4, 0.5) is 0 Å². The maximum atomic E-state index is 11.4. The van der Waals surface area contributed by atoms with Crippen molar-refractivity contribution >= 4 is 34.8 Å². The van der Waals surface area contributed by atoms with Gasteiger partial charge in [0.25, 0.3) is 11.8 Å². The molecule has 1 N–H and O–H groups in total. The van der Waals surface area contributed by atoms with Crippen LogP contribution in [0.25, 0.3) is 0 Å². The quantitative estimate of drug-likeness (QED) is 0.438. The van der Waals surface area contributed by atoms with Gasteiger partial charge in [0.05, 0.1) is 11.3 Å². The zero-order valence-electron chi connectivity index (χ0n) is 9.12. The van der Waals surface area contributed by atoms with Crippen LogP contribution < -0.4 is 5.43 Å². The Morgan fingerprint density at radius 2 is 2.12 bits per heavy atom. The van der Waals surface area contributed by atoms with E-state index in [0.717, 1.165) is 24.3 Å². The molecule has 1 aliphatic heterocycles. The molecule has 1 heterocycles. The van der Waals surface area contributed by atoms with Crippen LogP contribution in [0.1, 0.15) is 39.0 Å². The van der Waals surface area contributed by atoms with Crippen molar-refractivity contribution in [3.8, 4) is 0 Å². The second-order valence-electron chi connectivity index (χ2n) is 3.63. The Balaban J connectivity index is 2.42. The van der Waals surface area contributed by atoms with Crippen molar-refractivity contribution in [1.29, 1.82) is 0 Å². The van der Waals surface area contributed by atoms with Crippen molar-refractivity contribution in [2.45, 2.75) is 39.0 Å². The highest BCUT2D eigenvalue weighted by molar-refractivity contribution is 7.82. The summed E-state index contributed by atoms with van der Waals surface area (Å²) in [7, 11) is 0. The summed E-state index contributed by atoms with van der Waals surface area (Å²) >= 11 is 4.69. The highest BCUT2D eigenvalue weighted by Crippen LogP contribution is 2.08. The van der Waals surface area contributed by atoms with Gasteiger partial charge in [-0.3, -0.25) is 19.8 Å². The molecule has 0 unspecified atom stereocenters. The second-order valence-corrected chi connectivity index (χ2v) is 4.12. The fraction of sp³-hybridized carbons (Fsp3) is 0.600. The molecular formula is C10H14N2O3S. The number of hydrogen-bond acceptors (Lipinski definition) is 4. The lowest BCUT2D eigenvalue weighted by Crippen LogP contribution is -2.46. The predicted octanol–water partition coefficient (Wildman–Crippen LogP) is 0.727. The van der Waals surface area contributed by atoms with Gasteiger partial charge < -0.3 is 0 Å². The molecule has 1 rings (SSSR count). The Morgan fingerprint density at radius 1 is 1.44 bits per heavy atom. The van der Waals surface area contributed by atoms with E-state index in [1.54, 1.807) is 0 Å². The Bertz CT molecular complexity index is 341. The second kappa shape index (κ2) is 5.69. The number of nitrogens with one attached hydrogen (secondary N) is 1. The standard InChI is InChI=1S/C10H14N2O3S/c1-2-3-4-5-8(13)11-12-9(14)6-7(16)10(12)15/h2-6H2,1H3,(H,11,13). The molecule has 6 heteroatoms. The van der Waals surface area contributed by atoms with Gasteiger partial charge in [0.2, 0.25) is 5.91 Å². The molecule has 1 aliphatic rings. The van der Waals surface area contributed by atoms with E-state index >= 15 is 0 Å². The van der Waals surface area contributed by atoms with Gasteiger partial charge in [-0.2, -0.15) is 5.01 Å². The number of carbonyl (C=O) groups excluding carboxylic acids is 3. The van der Waals surface area contributed by atoms with Gasteiger partial charge in [-0.15, -0.1) is 0 Å². The minimum atomic E-state index is -0.580. The normalized spacial score (nSPS) is 15.8. The van der Waals surface area contributed by atoms with Gasteiger partial charge >= 0.3 is 0 Å². The third kappa shape index (κ3) is 3.10. The van der Waals surface area contributed by atoms with Crippen molar-refractivity contribution in [3.05, 3.63) is 0 Å². The summed E-state index contributed by atoms with van der Waals surface area (Å²) in [6.07, 6.45) is 2.96. The maximum Gasteiger partial charge on any atom is 0.286 e. The molecule has 3 amide bonds. The first-order chi connectivity index (χ1) is 7.56. The van der Waals surface area contributed by atoms with Gasteiger partial charge in [0.15, 0.2) is 0 Å². The SMILES string of the molecule is CCCCCC(=O)NN1C(=O)CC(=S)C1=O. The van der Waals surface area contributed by atoms with E-state index in [9.17, 15) is 14.4 Å². The number of nitrogens with zero attached hydrogens (tertiary/aromatic N) is 1. The third-order valence-corrected chi connectivity index (χ3v) is 2.57. The molecule has 0 atom stereocenters. The largest absolute Gasteiger partial charge is 0.286 e. The number of unbranched alkanes of at least 4 members (excludes halogenated alkanes) is 2. The zero-order chi connectivity index (χ0) is 12.1. The molecule has 0 spiro atoms. The first-order valence-electron chi connectivity index (χ1n) is 5.26. The fourth-order valence-electron chi connectivity index (χ4n) is 1.36. The molecule has 0 aliphatic carbocycles. The van der Waals surface area contributed by atoms with Crippen LogP contribution in [-0.2, 0) is 14.4 Å². The van der Waals surface area contributed by atoms with Gasteiger partial charge in [-0.1, -0.05) is 32.0 Å². The van der Waals surface area contributed by atoms with E-state index < -0.39 is 11.8 Å². The number of thiocarbonyl (C=S) groups is 1. The predicted molar refractivity (Wildman–Crippen MR) is 61.4 cm³/mol. The van der Waals surface area contributed by atoms with Crippen LogP contribution in [0.5, 0.6) is 0 Å². The topological polar surface area (TPSA) is 66.5 Å². The Kier molecular flexibility index (Phi) is 4.54. The summed E-state index contributed by atoms with van der Waals surface area (Å²) in [4.78, 5) is 34.0. The smallest absolute Gasteiger partial charge is 0.273 e. The molecule has 1 fully saturated rings. The number of rotatable bonds is 5. The summed E-state index contributed by atoms with van der Waals surface area (Å²) in [5, 5.41) is 0.719. The Hall–Kier alpha value is -1.30. The molecule has 88 valence electrons. The van der Waals surface area contributed by atoms with Crippen molar-refractivity contribution in [1.82, 2.24) is 10.4 Å². The van der Waals surface area contributed by atoms with E-state index in [1.165, 1.54) is 0 Å². The molecular weight excluding hydrogens is 228 g/mol. The van der Waals surface area contributed by atoms with Crippen molar-refractivity contribution in [2.75, 3.05) is 0 Å². The molecule has 5 nitrogen and oxygen atoms in total. The molecule has 0 bridgehead atoms. The average molecular weight is 242 g/mol. The lowest BCUT2D eigenvalue weighted by molar-refractivity contribution is -0.146. The average Bonchev–Trinajstić information content (AvgIpc) is 2.46. The Labute approximate surface area is 99.1 Å². The van der Waals surface area contributed by atoms with Gasteiger partial charge in [0.1, 0.15) is 0 Å². The number of amides is 3. The zero-order valence-corrected chi connectivity index (χ0v) is 9.93. The van der Waals surface area contributed by atoms with Gasteiger partial charge in [-0.05, 0) is 6.42 Å². The lowest BCUT2D eigenvalue weighted by Gasteiger charge is -2.14. The molecule has 0 aromatic rings. The summed E-state index contributed by atoms with van der Waals surface area (Å²) < 4.78 is 0. The molecule has 16 heavy (non-hydrogen) atoms. The van der Waals surface area contributed by atoms with Crippen LogP contribution in [0.3, 0.4) is 0 Å². The van der Waals surface area contributed by atoms with Crippen LogP contribution in [0, 0.1) is 0 Å².